The number of H-pyrrole nitrogens is 1. The van der Waals surface area contributed by atoms with E-state index in [9.17, 15) is 4.79 Å². The molecule has 3 rings (SSSR count). The molecule has 0 fully saturated rings. The van der Waals surface area contributed by atoms with Crippen molar-refractivity contribution in [2.75, 3.05) is 20.3 Å². The number of nitrogens with zero attached hydrogens (tertiary/aromatic N) is 2. The average molecular weight is 353 g/mol. The lowest BCUT2D eigenvalue weighted by Gasteiger charge is -2.21. The van der Waals surface area contributed by atoms with Crippen molar-refractivity contribution < 1.29 is 14.3 Å². The van der Waals surface area contributed by atoms with Crippen molar-refractivity contribution in [2.45, 2.75) is 20.4 Å². The molecule has 1 heterocycles. The maximum absolute atomic E-state index is 13.0. The molecule has 0 spiro atoms. The molecular weight excluding hydrogens is 330 g/mol. The topological polar surface area (TPSA) is 67.5 Å². The normalized spacial score (nSPS) is 10.7. The number of fused-ring (bicyclic) bond motifs is 1. The van der Waals surface area contributed by atoms with E-state index in [2.05, 4.69) is 10.2 Å². The van der Waals surface area contributed by atoms with Gasteiger partial charge in [-0.1, -0.05) is 24.3 Å². The lowest BCUT2D eigenvalue weighted by atomic mass is 10.1. The molecule has 0 aliphatic carbocycles. The summed E-state index contributed by atoms with van der Waals surface area (Å²) in [5, 5.41) is 7.97. The number of nitrogens with one attached hydrogen (secondary N) is 1. The van der Waals surface area contributed by atoms with E-state index >= 15 is 0 Å². The van der Waals surface area contributed by atoms with Crippen LogP contribution in [0.15, 0.2) is 42.5 Å². The molecule has 0 saturated heterocycles. The maximum Gasteiger partial charge on any atom is 0.275 e. The third-order valence-electron chi connectivity index (χ3n) is 4.24. The molecule has 0 aliphatic heterocycles. The van der Waals surface area contributed by atoms with Gasteiger partial charge in [0.25, 0.3) is 5.91 Å². The van der Waals surface area contributed by atoms with Crippen LogP contribution in [0.1, 0.15) is 29.9 Å². The lowest BCUT2D eigenvalue weighted by molar-refractivity contribution is 0.0748. The van der Waals surface area contributed by atoms with E-state index < -0.39 is 0 Å². The minimum atomic E-state index is -0.0993. The largest absolute Gasteiger partial charge is 0.493 e. The van der Waals surface area contributed by atoms with Crippen LogP contribution in [-0.2, 0) is 6.54 Å². The summed E-state index contributed by atoms with van der Waals surface area (Å²) in [7, 11) is 1.61. The Morgan fingerprint density at radius 3 is 2.69 bits per heavy atom. The lowest BCUT2D eigenvalue weighted by Crippen LogP contribution is -2.30. The number of ether oxygens (including phenoxy) is 2. The number of amides is 1. The summed E-state index contributed by atoms with van der Waals surface area (Å²) in [6.45, 7) is 5.51. The second kappa shape index (κ2) is 7.91. The number of rotatable bonds is 7. The van der Waals surface area contributed by atoms with Gasteiger partial charge in [0.05, 0.1) is 19.2 Å². The number of hydrogen-bond donors (Lipinski definition) is 1. The summed E-state index contributed by atoms with van der Waals surface area (Å²) in [4.78, 5) is 14.7. The molecule has 6 nitrogen and oxygen atoms in total. The molecule has 1 amide bonds. The SMILES string of the molecule is CCOc1ccc(CN(CC)C(=O)c2n[nH]c3ccccc23)cc1OC. The van der Waals surface area contributed by atoms with Crippen LogP contribution in [0.25, 0.3) is 10.9 Å². The Bertz CT molecular complexity index is 904. The third kappa shape index (κ3) is 3.49. The Balaban J connectivity index is 1.84. The number of aromatic nitrogens is 2. The number of aromatic amines is 1. The van der Waals surface area contributed by atoms with Crippen molar-refractivity contribution in [2.24, 2.45) is 0 Å². The Labute approximate surface area is 152 Å². The second-order valence-electron chi connectivity index (χ2n) is 5.86. The van der Waals surface area contributed by atoms with E-state index in [-0.39, 0.29) is 5.91 Å². The number of benzene rings is 2. The van der Waals surface area contributed by atoms with Gasteiger partial charge in [0.1, 0.15) is 0 Å². The molecule has 0 aliphatic rings. The molecule has 1 aromatic heterocycles. The van der Waals surface area contributed by atoms with Gasteiger partial charge < -0.3 is 14.4 Å². The first kappa shape index (κ1) is 17.8. The fraction of sp³-hybridized carbons (Fsp3) is 0.300. The molecule has 136 valence electrons. The smallest absolute Gasteiger partial charge is 0.275 e. The van der Waals surface area contributed by atoms with Gasteiger partial charge >= 0.3 is 0 Å². The number of carbonyl (C=O) groups is 1. The van der Waals surface area contributed by atoms with Crippen LogP contribution in [0.4, 0.5) is 0 Å². The highest BCUT2D eigenvalue weighted by atomic mass is 16.5. The van der Waals surface area contributed by atoms with Crippen molar-refractivity contribution in [3.63, 3.8) is 0 Å². The predicted molar refractivity (Wildman–Crippen MR) is 101 cm³/mol. The summed E-state index contributed by atoms with van der Waals surface area (Å²) >= 11 is 0. The summed E-state index contributed by atoms with van der Waals surface area (Å²) in [5.41, 5.74) is 2.27. The Kier molecular flexibility index (Phi) is 5.41. The minimum Gasteiger partial charge on any atom is -0.493 e. The zero-order chi connectivity index (χ0) is 18.5. The molecule has 0 saturated carbocycles. The van der Waals surface area contributed by atoms with Crippen LogP contribution in [0.5, 0.6) is 11.5 Å². The molecular formula is C20H23N3O3. The van der Waals surface area contributed by atoms with Crippen molar-refractivity contribution in [1.82, 2.24) is 15.1 Å². The predicted octanol–water partition coefficient (Wildman–Crippen LogP) is 3.63. The van der Waals surface area contributed by atoms with Gasteiger partial charge in [0, 0.05) is 18.5 Å². The van der Waals surface area contributed by atoms with E-state index in [0.717, 1.165) is 16.5 Å². The Hall–Kier alpha value is -3.02. The van der Waals surface area contributed by atoms with Gasteiger partial charge in [-0.25, -0.2) is 0 Å². The van der Waals surface area contributed by atoms with Crippen LogP contribution in [0.2, 0.25) is 0 Å². The molecule has 1 N–H and O–H groups in total. The summed E-state index contributed by atoms with van der Waals surface area (Å²) in [6, 6.07) is 13.4. The summed E-state index contributed by atoms with van der Waals surface area (Å²) < 4.78 is 10.9. The van der Waals surface area contributed by atoms with Gasteiger partial charge in [0.15, 0.2) is 17.2 Å². The standard InChI is InChI=1S/C20H23N3O3/c1-4-23(13-14-10-11-17(26-5-2)18(12-14)25-3)20(24)19-15-8-6-7-9-16(15)21-22-19/h6-12H,4-5,13H2,1-3H3,(H,21,22). The zero-order valence-electron chi connectivity index (χ0n) is 15.3. The van der Waals surface area contributed by atoms with Crippen LogP contribution in [0.3, 0.4) is 0 Å². The molecule has 3 aromatic rings. The highest BCUT2D eigenvalue weighted by Crippen LogP contribution is 2.29. The van der Waals surface area contributed by atoms with E-state index in [1.807, 2.05) is 56.3 Å². The van der Waals surface area contributed by atoms with Crippen molar-refractivity contribution in [1.29, 1.82) is 0 Å². The van der Waals surface area contributed by atoms with E-state index in [0.29, 0.717) is 36.9 Å². The maximum atomic E-state index is 13.0. The quantitative estimate of drug-likeness (QED) is 0.704. The van der Waals surface area contributed by atoms with Crippen LogP contribution >= 0.6 is 0 Å². The summed E-state index contributed by atoms with van der Waals surface area (Å²) in [5.74, 6) is 1.27. The molecule has 2 aromatic carbocycles. The third-order valence-corrected chi connectivity index (χ3v) is 4.24. The van der Waals surface area contributed by atoms with Gasteiger partial charge in [-0.05, 0) is 37.6 Å². The number of hydrogen-bond acceptors (Lipinski definition) is 4. The highest BCUT2D eigenvalue weighted by molar-refractivity contribution is 6.04. The van der Waals surface area contributed by atoms with Gasteiger partial charge in [-0.2, -0.15) is 5.10 Å². The van der Waals surface area contributed by atoms with E-state index in [1.165, 1.54) is 0 Å². The molecule has 0 atom stereocenters. The number of para-hydroxylation sites is 1. The highest BCUT2D eigenvalue weighted by Gasteiger charge is 2.20. The molecule has 0 bridgehead atoms. The first-order valence-corrected chi connectivity index (χ1v) is 8.70. The monoisotopic (exact) mass is 353 g/mol. The average Bonchev–Trinajstić information content (AvgIpc) is 3.11. The Morgan fingerprint density at radius 2 is 1.96 bits per heavy atom. The van der Waals surface area contributed by atoms with Crippen LogP contribution < -0.4 is 9.47 Å². The Morgan fingerprint density at radius 1 is 1.15 bits per heavy atom. The van der Waals surface area contributed by atoms with Gasteiger partial charge in [-0.15, -0.1) is 0 Å². The van der Waals surface area contributed by atoms with E-state index in [1.54, 1.807) is 12.0 Å². The number of methoxy groups -OCH3 is 1. The van der Waals surface area contributed by atoms with Crippen molar-refractivity contribution in [3.8, 4) is 11.5 Å². The first-order valence-electron chi connectivity index (χ1n) is 8.70. The molecule has 6 heteroatoms. The molecule has 0 radical (unpaired) electrons. The molecule has 0 unspecified atom stereocenters. The summed E-state index contributed by atoms with van der Waals surface area (Å²) in [6.07, 6.45) is 0. The van der Waals surface area contributed by atoms with Gasteiger partial charge in [0.2, 0.25) is 0 Å². The fourth-order valence-corrected chi connectivity index (χ4v) is 2.91. The van der Waals surface area contributed by atoms with Crippen LogP contribution in [0, 0.1) is 0 Å². The minimum absolute atomic E-state index is 0.0993. The van der Waals surface area contributed by atoms with Crippen molar-refractivity contribution >= 4 is 16.8 Å². The second-order valence-corrected chi connectivity index (χ2v) is 5.86. The van der Waals surface area contributed by atoms with Crippen LogP contribution in [-0.4, -0.2) is 41.3 Å². The van der Waals surface area contributed by atoms with E-state index in [4.69, 9.17) is 9.47 Å². The zero-order valence-corrected chi connectivity index (χ0v) is 15.3. The fourth-order valence-electron chi connectivity index (χ4n) is 2.91. The van der Waals surface area contributed by atoms with Crippen molar-refractivity contribution in [3.05, 3.63) is 53.7 Å². The van der Waals surface area contributed by atoms with Gasteiger partial charge in [-0.3, -0.25) is 9.89 Å². The molecule has 26 heavy (non-hydrogen) atoms. The first-order chi connectivity index (χ1) is 12.7. The number of carbonyl (C=O) groups excluding carboxylic acids is 1.